The molecule has 0 bridgehead atoms. The molecule has 5 nitrogen and oxygen atoms in total. The van der Waals surface area contributed by atoms with Gasteiger partial charge < -0.3 is 15.0 Å². The van der Waals surface area contributed by atoms with E-state index in [1.165, 1.54) is 31.2 Å². The van der Waals surface area contributed by atoms with Crippen molar-refractivity contribution in [2.75, 3.05) is 33.3 Å². The second kappa shape index (κ2) is 10.1. The van der Waals surface area contributed by atoms with Crippen LogP contribution in [-0.2, 0) is 6.42 Å². The van der Waals surface area contributed by atoms with Crippen LogP contribution in [0.15, 0.2) is 48.8 Å². The van der Waals surface area contributed by atoms with Crippen LogP contribution in [0.1, 0.15) is 35.2 Å². The average molecular weight is 367 g/mol. The zero-order valence-electron chi connectivity index (χ0n) is 16.1. The van der Waals surface area contributed by atoms with E-state index in [9.17, 15) is 4.79 Å². The third-order valence-corrected chi connectivity index (χ3v) is 5.35. The molecular weight excluding hydrogens is 338 g/mol. The molecule has 0 saturated carbocycles. The van der Waals surface area contributed by atoms with Crippen LogP contribution in [0.4, 0.5) is 0 Å². The number of likely N-dealkylation sites (tertiary alicyclic amines) is 1. The minimum atomic E-state index is -0.105. The van der Waals surface area contributed by atoms with Gasteiger partial charge in [-0.1, -0.05) is 30.3 Å². The highest BCUT2D eigenvalue weighted by Crippen LogP contribution is 2.22. The number of pyridine rings is 1. The molecule has 1 N–H and O–H groups in total. The molecule has 0 spiro atoms. The quantitative estimate of drug-likeness (QED) is 0.779. The Balaban J connectivity index is 1.34. The predicted molar refractivity (Wildman–Crippen MR) is 107 cm³/mol. The average Bonchev–Trinajstić information content (AvgIpc) is 2.73. The Kier molecular flexibility index (Phi) is 7.22. The van der Waals surface area contributed by atoms with Crippen LogP contribution in [0.2, 0.25) is 0 Å². The first-order valence-corrected chi connectivity index (χ1v) is 9.78. The highest BCUT2D eigenvalue weighted by Gasteiger charge is 2.19. The van der Waals surface area contributed by atoms with Gasteiger partial charge in [0.2, 0.25) is 0 Å². The number of carbonyl (C=O) groups excluding carboxylic acids is 1. The molecule has 0 unspecified atom stereocenters. The number of benzene rings is 1. The van der Waals surface area contributed by atoms with E-state index in [2.05, 4.69) is 45.5 Å². The Hall–Kier alpha value is -2.40. The maximum absolute atomic E-state index is 12.3. The van der Waals surface area contributed by atoms with Gasteiger partial charge in [0.25, 0.3) is 5.91 Å². The molecule has 2 heterocycles. The van der Waals surface area contributed by atoms with Crippen molar-refractivity contribution in [3.8, 4) is 5.75 Å². The molecule has 0 radical (unpaired) electrons. The first-order valence-electron chi connectivity index (χ1n) is 9.78. The fourth-order valence-electron chi connectivity index (χ4n) is 3.67. The monoisotopic (exact) mass is 367 g/mol. The van der Waals surface area contributed by atoms with Gasteiger partial charge in [0.1, 0.15) is 5.75 Å². The van der Waals surface area contributed by atoms with Crippen molar-refractivity contribution < 1.29 is 9.53 Å². The van der Waals surface area contributed by atoms with Crippen LogP contribution in [0.3, 0.4) is 0 Å². The molecule has 1 aliphatic rings. The molecule has 1 aromatic heterocycles. The minimum Gasteiger partial charge on any atom is -0.494 e. The second-order valence-corrected chi connectivity index (χ2v) is 7.14. The third-order valence-electron chi connectivity index (χ3n) is 5.35. The molecule has 5 heteroatoms. The van der Waals surface area contributed by atoms with E-state index in [1.54, 1.807) is 25.6 Å². The smallest absolute Gasteiger partial charge is 0.255 e. The van der Waals surface area contributed by atoms with E-state index in [0.717, 1.165) is 25.6 Å². The molecule has 27 heavy (non-hydrogen) atoms. The van der Waals surface area contributed by atoms with Crippen molar-refractivity contribution in [1.29, 1.82) is 0 Å². The molecule has 1 fully saturated rings. The fourth-order valence-corrected chi connectivity index (χ4v) is 3.67. The summed E-state index contributed by atoms with van der Waals surface area (Å²) in [4.78, 5) is 18.7. The summed E-state index contributed by atoms with van der Waals surface area (Å²) < 4.78 is 5.20. The van der Waals surface area contributed by atoms with Crippen molar-refractivity contribution in [1.82, 2.24) is 15.2 Å². The predicted octanol–water partition coefficient (Wildman–Crippen LogP) is 3.16. The summed E-state index contributed by atoms with van der Waals surface area (Å²) in [6, 6.07) is 12.4. The number of hydrogen-bond acceptors (Lipinski definition) is 4. The summed E-state index contributed by atoms with van der Waals surface area (Å²) in [6.07, 6.45) is 8.12. The molecule has 1 saturated heterocycles. The fraction of sp³-hybridized carbons (Fsp3) is 0.455. The van der Waals surface area contributed by atoms with Gasteiger partial charge in [-0.15, -0.1) is 0 Å². The van der Waals surface area contributed by atoms with Gasteiger partial charge in [-0.3, -0.25) is 9.78 Å². The van der Waals surface area contributed by atoms with Crippen molar-refractivity contribution in [2.24, 2.45) is 5.92 Å². The van der Waals surface area contributed by atoms with Crippen molar-refractivity contribution in [3.05, 3.63) is 59.9 Å². The lowest BCUT2D eigenvalue weighted by Crippen LogP contribution is -2.39. The minimum absolute atomic E-state index is 0.105. The van der Waals surface area contributed by atoms with E-state index in [-0.39, 0.29) is 5.91 Å². The van der Waals surface area contributed by atoms with E-state index in [0.29, 0.717) is 17.9 Å². The Labute approximate surface area is 161 Å². The molecule has 2 aromatic rings. The number of nitrogens with one attached hydrogen (secondary N) is 1. The number of rotatable bonds is 8. The number of carbonyl (C=O) groups is 1. The summed E-state index contributed by atoms with van der Waals surface area (Å²) in [6.45, 7) is 3.78. The lowest BCUT2D eigenvalue weighted by atomic mass is 9.90. The Morgan fingerprint density at radius 1 is 1.22 bits per heavy atom. The largest absolute Gasteiger partial charge is 0.494 e. The summed E-state index contributed by atoms with van der Waals surface area (Å²) in [7, 11) is 1.55. The van der Waals surface area contributed by atoms with Crippen LogP contribution in [0.25, 0.3) is 0 Å². The lowest BCUT2D eigenvalue weighted by molar-refractivity contribution is 0.0940. The zero-order valence-corrected chi connectivity index (χ0v) is 16.1. The van der Waals surface area contributed by atoms with E-state index in [1.807, 2.05) is 0 Å². The highest BCUT2D eigenvalue weighted by molar-refractivity contribution is 5.96. The van der Waals surface area contributed by atoms with Crippen molar-refractivity contribution in [3.63, 3.8) is 0 Å². The number of piperidine rings is 1. The number of amides is 1. The van der Waals surface area contributed by atoms with Crippen LogP contribution >= 0.6 is 0 Å². The van der Waals surface area contributed by atoms with E-state index < -0.39 is 0 Å². The van der Waals surface area contributed by atoms with Crippen LogP contribution < -0.4 is 10.1 Å². The van der Waals surface area contributed by atoms with Gasteiger partial charge in [-0.2, -0.15) is 0 Å². The number of aryl methyl sites for hydroxylation is 1. The van der Waals surface area contributed by atoms with Crippen LogP contribution in [-0.4, -0.2) is 49.1 Å². The maximum atomic E-state index is 12.3. The van der Waals surface area contributed by atoms with Gasteiger partial charge in [-0.05, 0) is 56.3 Å². The standard InChI is InChI=1S/C22H29N3O2/c1-27-21-17-23-12-9-20(21)22(26)24-13-16-25-14-10-19(11-15-25)8-7-18-5-3-2-4-6-18/h2-6,9,12,17,19H,7-8,10-11,13-16H2,1H3,(H,24,26). The first kappa shape index (κ1) is 19.4. The summed E-state index contributed by atoms with van der Waals surface area (Å²) in [5.41, 5.74) is 1.97. The molecule has 1 aromatic carbocycles. The molecule has 0 aliphatic carbocycles. The zero-order chi connectivity index (χ0) is 18.9. The van der Waals surface area contributed by atoms with E-state index in [4.69, 9.17) is 4.74 Å². The lowest BCUT2D eigenvalue weighted by Gasteiger charge is -2.32. The van der Waals surface area contributed by atoms with Gasteiger partial charge >= 0.3 is 0 Å². The van der Waals surface area contributed by atoms with Gasteiger partial charge in [-0.25, -0.2) is 0 Å². The number of aromatic nitrogens is 1. The van der Waals surface area contributed by atoms with Gasteiger partial charge in [0.05, 0.1) is 18.9 Å². The maximum Gasteiger partial charge on any atom is 0.255 e. The van der Waals surface area contributed by atoms with Gasteiger partial charge in [0.15, 0.2) is 0 Å². The Morgan fingerprint density at radius 3 is 2.74 bits per heavy atom. The molecular formula is C22H29N3O2. The second-order valence-electron chi connectivity index (χ2n) is 7.14. The SMILES string of the molecule is COc1cnccc1C(=O)NCCN1CCC(CCc2ccccc2)CC1. The van der Waals surface area contributed by atoms with Crippen molar-refractivity contribution >= 4 is 5.91 Å². The summed E-state index contributed by atoms with van der Waals surface area (Å²) in [5.74, 6) is 1.22. The van der Waals surface area contributed by atoms with Crippen molar-refractivity contribution in [2.45, 2.75) is 25.7 Å². The number of ether oxygens (including phenoxy) is 1. The topological polar surface area (TPSA) is 54.5 Å². The molecule has 1 amide bonds. The highest BCUT2D eigenvalue weighted by atomic mass is 16.5. The molecule has 144 valence electrons. The van der Waals surface area contributed by atoms with Gasteiger partial charge in [0, 0.05) is 19.3 Å². The van der Waals surface area contributed by atoms with Crippen LogP contribution in [0, 0.1) is 5.92 Å². The Bertz CT molecular complexity index is 713. The normalized spacial score (nSPS) is 15.4. The summed E-state index contributed by atoms with van der Waals surface area (Å²) in [5, 5.41) is 2.99. The summed E-state index contributed by atoms with van der Waals surface area (Å²) >= 11 is 0. The molecule has 3 rings (SSSR count). The third kappa shape index (κ3) is 5.79. The number of nitrogens with zero attached hydrogens (tertiary/aromatic N) is 2. The number of methoxy groups -OCH3 is 1. The van der Waals surface area contributed by atoms with E-state index >= 15 is 0 Å². The number of hydrogen-bond donors (Lipinski definition) is 1. The Morgan fingerprint density at radius 2 is 2.00 bits per heavy atom. The van der Waals surface area contributed by atoms with Crippen LogP contribution in [0.5, 0.6) is 5.75 Å². The molecule has 1 aliphatic heterocycles. The molecule has 0 atom stereocenters. The first-order chi connectivity index (χ1) is 13.3.